The summed E-state index contributed by atoms with van der Waals surface area (Å²) >= 11 is 0. The lowest BCUT2D eigenvalue weighted by atomic mass is 10.2. The van der Waals surface area contributed by atoms with Crippen molar-refractivity contribution in [3.05, 3.63) is 60.4 Å². The van der Waals surface area contributed by atoms with Crippen LogP contribution in [0.3, 0.4) is 0 Å². The number of furan rings is 1. The number of ether oxygens (including phenoxy) is 1. The van der Waals surface area contributed by atoms with Gasteiger partial charge in [-0.3, -0.25) is 9.69 Å². The van der Waals surface area contributed by atoms with Gasteiger partial charge in [-0.2, -0.15) is 0 Å². The van der Waals surface area contributed by atoms with Crippen LogP contribution >= 0.6 is 24.8 Å². The SMILES string of the molecule is COc1ccccc1N1CCN(CCCNC(=O)c2cc3ccccc3o2)CC1.Cl.Cl. The van der Waals surface area contributed by atoms with Crippen LogP contribution in [0.2, 0.25) is 0 Å². The van der Waals surface area contributed by atoms with Gasteiger partial charge in [-0.15, -0.1) is 24.8 Å². The summed E-state index contributed by atoms with van der Waals surface area (Å²) in [5, 5.41) is 3.91. The quantitative estimate of drug-likeness (QED) is 0.529. The maximum absolute atomic E-state index is 12.3. The maximum Gasteiger partial charge on any atom is 0.287 e. The summed E-state index contributed by atoms with van der Waals surface area (Å²) in [6.07, 6.45) is 0.917. The Morgan fingerprint density at radius 1 is 1.03 bits per heavy atom. The van der Waals surface area contributed by atoms with Crippen LogP contribution in [-0.2, 0) is 0 Å². The summed E-state index contributed by atoms with van der Waals surface area (Å²) in [6.45, 7) is 5.59. The minimum absolute atomic E-state index is 0. The predicted octanol–water partition coefficient (Wildman–Crippen LogP) is 4.23. The van der Waals surface area contributed by atoms with E-state index in [9.17, 15) is 4.79 Å². The Morgan fingerprint density at radius 2 is 1.74 bits per heavy atom. The fraction of sp³-hybridized carbons (Fsp3) is 0.348. The monoisotopic (exact) mass is 465 g/mol. The lowest BCUT2D eigenvalue weighted by Crippen LogP contribution is -2.47. The zero-order chi connectivity index (χ0) is 20.1. The number of anilines is 1. The zero-order valence-corrected chi connectivity index (χ0v) is 19.2. The Labute approximate surface area is 195 Å². The van der Waals surface area contributed by atoms with Gasteiger partial charge in [-0.1, -0.05) is 30.3 Å². The average Bonchev–Trinajstić information content (AvgIpc) is 3.21. The van der Waals surface area contributed by atoms with Gasteiger partial charge in [0.2, 0.25) is 0 Å². The molecular formula is C23H29Cl2N3O3. The Kier molecular flexibility index (Phi) is 9.49. The number of hydrogen-bond donors (Lipinski definition) is 1. The molecule has 168 valence electrons. The van der Waals surface area contributed by atoms with Crippen molar-refractivity contribution in [2.75, 3.05) is 51.3 Å². The van der Waals surface area contributed by atoms with E-state index in [-0.39, 0.29) is 30.7 Å². The van der Waals surface area contributed by atoms with E-state index in [2.05, 4.69) is 27.2 Å². The lowest BCUT2D eigenvalue weighted by Gasteiger charge is -2.36. The number of piperazine rings is 1. The van der Waals surface area contributed by atoms with Gasteiger partial charge in [0.15, 0.2) is 5.76 Å². The molecular weight excluding hydrogens is 437 g/mol. The van der Waals surface area contributed by atoms with Crippen molar-refractivity contribution in [1.29, 1.82) is 0 Å². The van der Waals surface area contributed by atoms with Crippen LogP contribution in [0.5, 0.6) is 5.75 Å². The number of methoxy groups -OCH3 is 1. The number of hydrogen-bond acceptors (Lipinski definition) is 5. The van der Waals surface area contributed by atoms with E-state index < -0.39 is 0 Å². The van der Waals surface area contributed by atoms with Crippen molar-refractivity contribution in [3.63, 3.8) is 0 Å². The summed E-state index contributed by atoms with van der Waals surface area (Å²) in [5.41, 5.74) is 1.90. The van der Waals surface area contributed by atoms with Gasteiger partial charge in [0.1, 0.15) is 11.3 Å². The first-order valence-electron chi connectivity index (χ1n) is 10.1. The highest BCUT2D eigenvalue weighted by Gasteiger charge is 2.19. The van der Waals surface area contributed by atoms with Gasteiger partial charge in [0.05, 0.1) is 12.8 Å². The number of fused-ring (bicyclic) bond motifs is 1. The first-order chi connectivity index (χ1) is 14.2. The molecule has 2 heterocycles. The molecule has 4 rings (SSSR count). The third-order valence-corrected chi connectivity index (χ3v) is 5.38. The molecule has 1 aliphatic rings. The molecule has 1 aromatic heterocycles. The van der Waals surface area contributed by atoms with Crippen LogP contribution in [-0.4, -0.2) is 57.2 Å². The molecule has 0 radical (unpaired) electrons. The molecule has 1 fully saturated rings. The largest absolute Gasteiger partial charge is 0.495 e. The molecule has 0 bridgehead atoms. The Balaban J connectivity index is 0.00000171. The number of nitrogens with one attached hydrogen (secondary N) is 1. The van der Waals surface area contributed by atoms with E-state index in [4.69, 9.17) is 9.15 Å². The number of halogens is 2. The second-order valence-corrected chi connectivity index (χ2v) is 7.26. The number of para-hydroxylation sites is 3. The van der Waals surface area contributed by atoms with E-state index in [1.54, 1.807) is 13.2 Å². The van der Waals surface area contributed by atoms with Crippen molar-refractivity contribution in [2.45, 2.75) is 6.42 Å². The fourth-order valence-electron chi connectivity index (χ4n) is 3.79. The molecule has 1 aliphatic heterocycles. The molecule has 1 N–H and O–H groups in total. The smallest absolute Gasteiger partial charge is 0.287 e. The van der Waals surface area contributed by atoms with Crippen LogP contribution in [0.1, 0.15) is 17.0 Å². The van der Waals surface area contributed by atoms with Gasteiger partial charge >= 0.3 is 0 Å². The van der Waals surface area contributed by atoms with E-state index >= 15 is 0 Å². The molecule has 0 saturated carbocycles. The van der Waals surface area contributed by atoms with Crippen LogP contribution < -0.4 is 15.0 Å². The van der Waals surface area contributed by atoms with Gasteiger partial charge in [-0.05, 0) is 37.2 Å². The number of amides is 1. The molecule has 8 heteroatoms. The molecule has 6 nitrogen and oxygen atoms in total. The van der Waals surface area contributed by atoms with Gasteiger partial charge in [0.25, 0.3) is 5.91 Å². The lowest BCUT2D eigenvalue weighted by molar-refractivity contribution is 0.0926. The molecule has 0 unspecified atom stereocenters. The molecule has 0 aliphatic carbocycles. The van der Waals surface area contributed by atoms with Crippen molar-refractivity contribution < 1.29 is 13.9 Å². The summed E-state index contributed by atoms with van der Waals surface area (Å²) in [6, 6.07) is 17.6. The standard InChI is InChI=1S/C23H27N3O3.2ClH/c1-28-21-10-5-3-8-19(21)26-15-13-25(14-16-26)12-6-11-24-23(27)22-17-18-7-2-4-9-20(18)29-22;;/h2-5,7-10,17H,6,11-16H2,1H3,(H,24,27);2*1H. The third kappa shape index (κ3) is 6.06. The number of nitrogens with zero attached hydrogens (tertiary/aromatic N) is 2. The molecule has 1 amide bonds. The van der Waals surface area contributed by atoms with Crippen LogP contribution in [0, 0.1) is 0 Å². The highest BCUT2D eigenvalue weighted by Crippen LogP contribution is 2.28. The Morgan fingerprint density at radius 3 is 2.48 bits per heavy atom. The molecule has 31 heavy (non-hydrogen) atoms. The number of carbonyl (C=O) groups excluding carboxylic acids is 1. The van der Waals surface area contributed by atoms with Crippen molar-refractivity contribution >= 4 is 47.4 Å². The van der Waals surface area contributed by atoms with Crippen LogP contribution in [0.25, 0.3) is 11.0 Å². The topological polar surface area (TPSA) is 58.0 Å². The summed E-state index contributed by atoms with van der Waals surface area (Å²) in [4.78, 5) is 17.1. The Bertz CT molecular complexity index is 938. The highest BCUT2D eigenvalue weighted by atomic mass is 35.5. The first-order valence-corrected chi connectivity index (χ1v) is 10.1. The normalized spacial score (nSPS) is 13.9. The van der Waals surface area contributed by atoms with Crippen LogP contribution in [0.4, 0.5) is 5.69 Å². The minimum atomic E-state index is -0.151. The highest BCUT2D eigenvalue weighted by molar-refractivity contribution is 5.96. The number of carbonyl (C=O) groups is 1. The van der Waals surface area contributed by atoms with E-state index in [0.29, 0.717) is 12.3 Å². The Hall–Kier alpha value is -2.41. The second-order valence-electron chi connectivity index (χ2n) is 7.26. The molecule has 2 aromatic carbocycles. The molecule has 0 spiro atoms. The number of benzene rings is 2. The third-order valence-electron chi connectivity index (χ3n) is 5.38. The predicted molar refractivity (Wildman–Crippen MR) is 129 cm³/mol. The average molecular weight is 466 g/mol. The van der Waals surface area contributed by atoms with E-state index in [1.165, 1.54) is 0 Å². The van der Waals surface area contributed by atoms with Gasteiger partial charge < -0.3 is 19.4 Å². The zero-order valence-electron chi connectivity index (χ0n) is 17.6. The van der Waals surface area contributed by atoms with E-state index in [0.717, 1.165) is 61.6 Å². The maximum atomic E-state index is 12.3. The summed E-state index contributed by atoms with van der Waals surface area (Å²) in [7, 11) is 1.72. The second kappa shape index (κ2) is 11.8. The molecule has 1 saturated heterocycles. The number of rotatable bonds is 7. The van der Waals surface area contributed by atoms with Crippen molar-refractivity contribution in [3.8, 4) is 5.75 Å². The molecule has 0 atom stereocenters. The van der Waals surface area contributed by atoms with Gasteiger partial charge in [0, 0.05) is 38.1 Å². The van der Waals surface area contributed by atoms with Crippen molar-refractivity contribution in [1.82, 2.24) is 10.2 Å². The van der Waals surface area contributed by atoms with Gasteiger partial charge in [-0.25, -0.2) is 0 Å². The van der Waals surface area contributed by atoms with E-state index in [1.807, 2.05) is 36.4 Å². The summed E-state index contributed by atoms with van der Waals surface area (Å²) in [5.74, 6) is 1.15. The summed E-state index contributed by atoms with van der Waals surface area (Å²) < 4.78 is 11.1. The molecule has 3 aromatic rings. The first kappa shape index (κ1) is 24.9. The fourth-order valence-corrected chi connectivity index (χ4v) is 3.79. The minimum Gasteiger partial charge on any atom is -0.495 e. The van der Waals surface area contributed by atoms with Crippen LogP contribution in [0.15, 0.2) is 59.0 Å². The van der Waals surface area contributed by atoms with Crippen molar-refractivity contribution in [2.24, 2.45) is 0 Å².